The van der Waals surface area contributed by atoms with Gasteiger partial charge < -0.3 is 24.9 Å². The molecule has 1 aromatic carbocycles. The third-order valence-electron chi connectivity index (χ3n) is 6.07. The number of aliphatic hydroxyl groups excluding tert-OH is 1. The number of carbonyl (C=O) groups excluding carboxylic acids is 1. The van der Waals surface area contributed by atoms with E-state index in [1.165, 1.54) is 16.7 Å². The summed E-state index contributed by atoms with van der Waals surface area (Å²) in [4.78, 5) is 16.5. The topological polar surface area (TPSA) is 118 Å². The van der Waals surface area contributed by atoms with Crippen molar-refractivity contribution in [3.63, 3.8) is 0 Å². The molecule has 3 rings (SSSR count). The number of nitrogens with zero attached hydrogens (tertiary/aromatic N) is 4. The molecule has 9 heteroatoms. The fourth-order valence-electron chi connectivity index (χ4n) is 4.16. The summed E-state index contributed by atoms with van der Waals surface area (Å²) in [6.07, 6.45) is -0.611. The number of aromatic nitrogens is 2. The molecule has 0 spiro atoms. The van der Waals surface area contributed by atoms with E-state index >= 15 is 0 Å². The van der Waals surface area contributed by atoms with Gasteiger partial charge in [-0.25, -0.2) is 4.79 Å². The van der Waals surface area contributed by atoms with Gasteiger partial charge in [0.1, 0.15) is 6.04 Å². The molecule has 0 radical (unpaired) electrons. The first kappa shape index (κ1) is 25.1. The maximum atomic E-state index is 12.3. The highest BCUT2D eigenvalue weighted by Gasteiger charge is 2.29. The van der Waals surface area contributed by atoms with E-state index < -0.39 is 12.1 Å². The van der Waals surface area contributed by atoms with E-state index in [0.29, 0.717) is 18.9 Å². The van der Waals surface area contributed by atoms with Gasteiger partial charge >= 0.3 is 6.09 Å². The Bertz CT molecular complexity index is 958. The SMILES string of the molecule is Cc1cc(Cc2nnc([C@@H](N)[C@@H](C)O)o2)c(C)c(CN2CCN(C(=O)OC(C)C)[C@@H](C)C2)c1. The van der Waals surface area contributed by atoms with Crippen LogP contribution >= 0.6 is 0 Å². The van der Waals surface area contributed by atoms with Crippen LogP contribution in [-0.2, 0) is 17.7 Å². The average Bonchev–Trinajstić information content (AvgIpc) is 3.18. The average molecular weight is 460 g/mol. The standard InChI is InChI=1S/C24H37N5O4/c1-14(2)32-24(31)29-8-7-28(12-16(29)4)13-20-10-15(3)9-19(17(20)5)11-21-26-27-23(33-21)22(25)18(6)30/h9-10,14,16,18,22,30H,7-8,11-13,25H2,1-6H3/t16-,18+,22-/m0/s1. The van der Waals surface area contributed by atoms with Crippen LogP contribution in [0, 0.1) is 13.8 Å². The number of nitrogens with two attached hydrogens (primary N) is 1. The van der Waals surface area contributed by atoms with Crippen LogP contribution in [0.2, 0.25) is 0 Å². The lowest BCUT2D eigenvalue weighted by Crippen LogP contribution is -2.54. The first-order valence-electron chi connectivity index (χ1n) is 11.6. The first-order valence-corrected chi connectivity index (χ1v) is 11.6. The maximum Gasteiger partial charge on any atom is 0.410 e. The highest BCUT2D eigenvalue weighted by atomic mass is 16.6. The molecule has 1 aromatic heterocycles. The number of piperazine rings is 1. The highest BCUT2D eigenvalue weighted by molar-refractivity contribution is 5.68. The van der Waals surface area contributed by atoms with E-state index in [1.807, 2.05) is 18.7 Å². The number of rotatable bonds is 7. The zero-order chi connectivity index (χ0) is 24.3. The molecule has 182 valence electrons. The monoisotopic (exact) mass is 459 g/mol. The summed E-state index contributed by atoms with van der Waals surface area (Å²) in [6, 6.07) is 3.74. The number of ether oxygens (including phenoxy) is 1. The van der Waals surface area contributed by atoms with Crippen molar-refractivity contribution in [2.45, 2.75) is 78.8 Å². The van der Waals surface area contributed by atoms with Crippen molar-refractivity contribution in [3.05, 3.63) is 46.2 Å². The second-order valence-corrected chi connectivity index (χ2v) is 9.40. The van der Waals surface area contributed by atoms with Gasteiger partial charge in [-0.05, 0) is 58.2 Å². The van der Waals surface area contributed by atoms with Gasteiger partial charge in [0, 0.05) is 32.2 Å². The van der Waals surface area contributed by atoms with Crippen LogP contribution in [0.25, 0.3) is 0 Å². The second-order valence-electron chi connectivity index (χ2n) is 9.40. The van der Waals surface area contributed by atoms with E-state index in [9.17, 15) is 9.90 Å². The van der Waals surface area contributed by atoms with Crippen molar-refractivity contribution in [2.75, 3.05) is 19.6 Å². The van der Waals surface area contributed by atoms with Crippen LogP contribution in [0.3, 0.4) is 0 Å². The largest absolute Gasteiger partial charge is 0.447 e. The fraction of sp³-hybridized carbons (Fsp3) is 0.625. The normalized spacial score (nSPS) is 19.1. The van der Waals surface area contributed by atoms with Crippen molar-refractivity contribution >= 4 is 6.09 Å². The van der Waals surface area contributed by atoms with Gasteiger partial charge in [-0.15, -0.1) is 10.2 Å². The number of aliphatic hydroxyl groups is 1. The molecule has 9 nitrogen and oxygen atoms in total. The number of hydrogen-bond acceptors (Lipinski definition) is 8. The molecule has 3 N–H and O–H groups in total. The van der Waals surface area contributed by atoms with Gasteiger partial charge in [-0.2, -0.15) is 0 Å². The number of carbonyl (C=O) groups is 1. The van der Waals surface area contributed by atoms with E-state index in [1.54, 1.807) is 6.92 Å². The lowest BCUT2D eigenvalue weighted by Gasteiger charge is -2.39. The van der Waals surface area contributed by atoms with Gasteiger partial charge in [-0.3, -0.25) is 4.90 Å². The number of aryl methyl sites for hydroxylation is 1. The fourth-order valence-corrected chi connectivity index (χ4v) is 4.16. The molecular weight excluding hydrogens is 422 g/mol. The Labute approximate surface area is 195 Å². The Balaban J connectivity index is 1.69. The molecule has 1 aliphatic rings. The molecular formula is C24H37N5O4. The minimum absolute atomic E-state index is 0.0875. The van der Waals surface area contributed by atoms with Gasteiger partial charge in [0.05, 0.1) is 18.6 Å². The molecule has 3 atom stereocenters. The lowest BCUT2D eigenvalue weighted by molar-refractivity contribution is 0.0349. The predicted molar refractivity (Wildman–Crippen MR) is 125 cm³/mol. The third-order valence-corrected chi connectivity index (χ3v) is 6.07. The Hall–Kier alpha value is -2.49. The molecule has 2 heterocycles. The quantitative estimate of drug-likeness (QED) is 0.649. The maximum absolute atomic E-state index is 12.3. The molecule has 2 aromatic rings. The molecule has 1 amide bonds. The number of benzene rings is 1. The Morgan fingerprint density at radius 1 is 1.24 bits per heavy atom. The summed E-state index contributed by atoms with van der Waals surface area (Å²) < 4.78 is 11.1. The van der Waals surface area contributed by atoms with Crippen LogP contribution in [0.4, 0.5) is 4.79 Å². The van der Waals surface area contributed by atoms with Gasteiger partial charge in [-0.1, -0.05) is 17.7 Å². The van der Waals surface area contributed by atoms with Crippen molar-refractivity contribution in [2.24, 2.45) is 5.73 Å². The summed E-state index contributed by atoms with van der Waals surface area (Å²) in [5, 5.41) is 17.8. The van der Waals surface area contributed by atoms with E-state index in [0.717, 1.165) is 25.2 Å². The van der Waals surface area contributed by atoms with Crippen LogP contribution in [0.5, 0.6) is 0 Å². The van der Waals surface area contributed by atoms with Crippen LogP contribution in [0.1, 0.15) is 67.8 Å². The summed E-state index contributed by atoms with van der Waals surface area (Å²) in [6.45, 7) is 14.6. The minimum Gasteiger partial charge on any atom is -0.447 e. The van der Waals surface area contributed by atoms with E-state index in [4.69, 9.17) is 14.9 Å². The summed E-state index contributed by atoms with van der Waals surface area (Å²) in [7, 11) is 0. The molecule has 0 saturated carbocycles. The Morgan fingerprint density at radius 3 is 2.58 bits per heavy atom. The molecule has 0 unspecified atom stereocenters. The van der Waals surface area contributed by atoms with Crippen LogP contribution in [0.15, 0.2) is 16.5 Å². The van der Waals surface area contributed by atoms with Crippen molar-refractivity contribution in [3.8, 4) is 0 Å². The summed E-state index contributed by atoms with van der Waals surface area (Å²) >= 11 is 0. The first-order chi connectivity index (χ1) is 15.5. The van der Waals surface area contributed by atoms with Crippen molar-refractivity contribution < 1.29 is 19.1 Å². The van der Waals surface area contributed by atoms with Crippen LogP contribution in [-0.4, -0.2) is 69.1 Å². The van der Waals surface area contributed by atoms with Crippen molar-refractivity contribution in [1.29, 1.82) is 0 Å². The minimum atomic E-state index is -0.763. The van der Waals surface area contributed by atoms with E-state index in [-0.39, 0.29) is 24.1 Å². The molecule has 1 aliphatic heterocycles. The summed E-state index contributed by atoms with van der Waals surface area (Å²) in [5.41, 5.74) is 10.6. The third kappa shape index (κ3) is 6.31. The molecule has 0 bridgehead atoms. The lowest BCUT2D eigenvalue weighted by atomic mass is 9.96. The molecule has 1 fully saturated rings. The number of hydrogen-bond donors (Lipinski definition) is 2. The molecule has 33 heavy (non-hydrogen) atoms. The second kappa shape index (κ2) is 10.6. The summed E-state index contributed by atoms with van der Waals surface area (Å²) in [5.74, 6) is 0.722. The Morgan fingerprint density at radius 2 is 1.94 bits per heavy atom. The zero-order valence-corrected chi connectivity index (χ0v) is 20.5. The molecule has 0 aliphatic carbocycles. The van der Waals surface area contributed by atoms with Crippen LogP contribution < -0.4 is 5.73 Å². The molecule has 1 saturated heterocycles. The van der Waals surface area contributed by atoms with Gasteiger partial charge in [0.2, 0.25) is 11.8 Å². The zero-order valence-electron chi connectivity index (χ0n) is 20.5. The smallest absolute Gasteiger partial charge is 0.410 e. The predicted octanol–water partition coefficient (Wildman–Crippen LogP) is 2.71. The van der Waals surface area contributed by atoms with Gasteiger partial charge in [0.15, 0.2) is 0 Å². The highest BCUT2D eigenvalue weighted by Crippen LogP contribution is 2.23. The van der Waals surface area contributed by atoms with E-state index in [2.05, 4.69) is 48.0 Å². The Kier molecular flexibility index (Phi) is 8.10. The van der Waals surface area contributed by atoms with Gasteiger partial charge in [0.25, 0.3) is 0 Å². The number of amides is 1. The van der Waals surface area contributed by atoms with Crippen molar-refractivity contribution in [1.82, 2.24) is 20.0 Å².